The highest BCUT2D eigenvalue weighted by atomic mass is 79.9. The van der Waals surface area contributed by atoms with E-state index in [1.807, 2.05) is 24.3 Å². The van der Waals surface area contributed by atoms with Gasteiger partial charge in [-0.1, -0.05) is 29.8 Å². The lowest BCUT2D eigenvalue weighted by atomic mass is 10.1. The van der Waals surface area contributed by atoms with Crippen LogP contribution < -0.4 is 0 Å². The van der Waals surface area contributed by atoms with E-state index in [9.17, 15) is 9.50 Å². The molecule has 2 aromatic rings. The molecule has 0 aliphatic heterocycles. The molecule has 2 rings (SSSR count). The Morgan fingerprint density at radius 2 is 2.00 bits per heavy atom. The largest absolute Gasteiger partial charge is 0.387 e. The Bertz CT molecular complexity index is 579. The molecule has 1 atom stereocenters. The van der Waals surface area contributed by atoms with E-state index in [1.165, 1.54) is 23.9 Å². The minimum absolute atomic E-state index is 0.268. The highest BCUT2D eigenvalue weighted by Crippen LogP contribution is 2.31. The summed E-state index contributed by atoms with van der Waals surface area (Å²) in [6.07, 6.45) is -0.866. The zero-order valence-corrected chi connectivity index (χ0v) is 13.0. The predicted octanol–water partition coefficient (Wildman–Crippen LogP) is 5.07. The van der Waals surface area contributed by atoms with Crippen molar-refractivity contribution in [3.8, 4) is 0 Å². The summed E-state index contributed by atoms with van der Waals surface area (Å²) in [5, 5.41) is 10.4. The van der Waals surface area contributed by atoms with Crippen LogP contribution in [-0.4, -0.2) is 10.9 Å². The summed E-state index contributed by atoms with van der Waals surface area (Å²) in [6.45, 7) is 0. The Balaban J connectivity index is 2.05. The predicted molar refractivity (Wildman–Crippen MR) is 81.2 cm³/mol. The standard InChI is InChI=1S/C14H11BrClFOS/c15-11-3-1-2-4-14(11)19-8-13(18)10-6-5-9(16)7-12(10)17/h1-7,13,18H,8H2. The minimum Gasteiger partial charge on any atom is -0.387 e. The lowest BCUT2D eigenvalue weighted by Crippen LogP contribution is -2.03. The molecule has 5 heteroatoms. The Morgan fingerprint density at radius 3 is 2.68 bits per heavy atom. The first-order chi connectivity index (χ1) is 9.08. The molecule has 0 heterocycles. The third-order valence-electron chi connectivity index (χ3n) is 2.55. The highest BCUT2D eigenvalue weighted by Gasteiger charge is 2.14. The molecule has 0 saturated heterocycles. The summed E-state index contributed by atoms with van der Waals surface area (Å²) in [5.41, 5.74) is 0.268. The van der Waals surface area contributed by atoms with Gasteiger partial charge in [-0.2, -0.15) is 0 Å². The van der Waals surface area contributed by atoms with Crippen LogP contribution in [0.5, 0.6) is 0 Å². The van der Waals surface area contributed by atoms with E-state index in [0.29, 0.717) is 10.8 Å². The Labute approximate surface area is 128 Å². The quantitative estimate of drug-likeness (QED) is 0.767. The molecule has 2 aromatic carbocycles. The van der Waals surface area contributed by atoms with Crippen LogP contribution in [0.1, 0.15) is 11.7 Å². The van der Waals surface area contributed by atoms with Crippen LogP contribution >= 0.6 is 39.3 Å². The molecule has 0 aliphatic rings. The fourth-order valence-electron chi connectivity index (χ4n) is 1.59. The molecule has 0 radical (unpaired) electrons. The zero-order valence-electron chi connectivity index (χ0n) is 9.82. The average molecular weight is 362 g/mol. The number of aliphatic hydroxyl groups is 1. The van der Waals surface area contributed by atoms with Gasteiger partial charge in [0.1, 0.15) is 5.82 Å². The van der Waals surface area contributed by atoms with E-state index in [0.717, 1.165) is 9.37 Å². The number of hydrogen-bond acceptors (Lipinski definition) is 2. The Hall–Kier alpha value is -0.550. The van der Waals surface area contributed by atoms with Gasteiger partial charge in [-0.15, -0.1) is 11.8 Å². The number of halogens is 3. The van der Waals surface area contributed by atoms with E-state index in [1.54, 1.807) is 6.07 Å². The molecule has 100 valence electrons. The van der Waals surface area contributed by atoms with Crippen molar-refractivity contribution in [1.29, 1.82) is 0 Å². The van der Waals surface area contributed by atoms with Crippen molar-refractivity contribution in [1.82, 2.24) is 0 Å². The van der Waals surface area contributed by atoms with E-state index >= 15 is 0 Å². The second-order valence-corrected chi connectivity index (χ2v) is 6.28. The van der Waals surface area contributed by atoms with Gasteiger partial charge in [-0.25, -0.2) is 4.39 Å². The van der Waals surface area contributed by atoms with Gasteiger partial charge in [0.2, 0.25) is 0 Å². The van der Waals surface area contributed by atoms with Crippen LogP contribution in [0.25, 0.3) is 0 Å². The molecule has 0 amide bonds. The summed E-state index contributed by atoms with van der Waals surface area (Å²) in [4.78, 5) is 1.01. The summed E-state index contributed by atoms with van der Waals surface area (Å²) in [5.74, 6) is -0.103. The normalized spacial score (nSPS) is 12.4. The maximum absolute atomic E-state index is 13.6. The lowest BCUT2D eigenvalue weighted by Gasteiger charge is -2.12. The van der Waals surface area contributed by atoms with Gasteiger partial charge in [0.15, 0.2) is 0 Å². The molecular weight excluding hydrogens is 351 g/mol. The fourth-order valence-corrected chi connectivity index (χ4v) is 3.28. The number of thioether (sulfide) groups is 1. The number of hydrogen-bond donors (Lipinski definition) is 1. The first kappa shape index (κ1) is 14.9. The van der Waals surface area contributed by atoms with Crippen molar-refractivity contribution in [3.63, 3.8) is 0 Å². The van der Waals surface area contributed by atoms with Crippen LogP contribution in [0.3, 0.4) is 0 Å². The van der Waals surface area contributed by atoms with Gasteiger partial charge in [0, 0.05) is 25.7 Å². The smallest absolute Gasteiger partial charge is 0.130 e. The van der Waals surface area contributed by atoms with E-state index in [4.69, 9.17) is 11.6 Å². The minimum atomic E-state index is -0.866. The molecule has 1 N–H and O–H groups in total. The molecule has 1 unspecified atom stereocenters. The van der Waals surface area contributed by atoms with Crippen molar-refractivity contribution in [2.24, 2.45) is 0 Å². The van der Waals surface area contributed by atoms with Gasteiger partial charge in [0.25, 0.3) is 0 Å². The molecule has 0 aliphatic carbocycles. The number of aliphatic hydroxyl groups excluding tert-OH is 1. The molecule has 19 heavy (non-hydrogen) atoms. The first-order valence-corrected chi connectivity index (χ1v) is 7.74. The molecule has 0 spiro atoms. The van der Waals surface area contributed by atoms with Crippen molar-refractivity contribution in [2.45, 2.75) is 11.0 Å². The molecule has 0 saturated carbocycles. The van der Waals surface area contributed by atoms with Crippen molar-refractivity contribution in [3.05, 3.63) is 63.3 Å². The summed E-state index contributed by atoms with van der Waals surface area (Å²) in [7, 11) is 0. The summed E-state index contributed by atoms with van der Waals surface area (Å²) in [6, 6.07) is 12.0. The topological polar surface area (TPSA) is 20.2 Å². The van der Waals surface area contributed by atoms with Crippen molar-refractivity contribution < 1.29 is 9.50 Å². The molecule has 0 fully saturated rings. The van der Waals surface area contributed by atoms with Crippen LogP contribution in [0.4, 0.5) is 4.39 Å². The Morgan fingerprint density at radius 1 is 1.26 bits per heavy atom. The van der Waals surface area contributed by atoms with Gasteiger partial charge in [-0.05, 0) is 40.2 Å². The van der Waals surface area contributed by atoms with E-state index in [-0.39, 0.29) is 5.56 Å². The van der Waals surface area contributed by atoms with Crippen LogP contribution in [-0.2, 0) is 0 Å². The van der Waals surface area contributed by atoms with Crippen molar-refractivity contribution in [2.75, 3.05) is 5.75 Å². The SMILES string of the molecule is OC(CSc1ccccc1Br)c1ccc(Cl)cc1F. The zero-order chi connectivity index (χ0) is 13.8. The van der Waals surface area contributed by atoms with Gasteiger partial charge in [-0.3, -0.25) is 0 Å². The highest BCUT2D eigenvalue weighted by molar-refractivity contribution is 9.10. The van der Waals surface area contributed by atoms with E-state index in [2.05, 4.69) is 15.9 Å². The average Bonchev–Trinajstić information content (AvgIpc) is 2.37. The third kappa shape index (κ3) is 3.96. The van der Waals surface area contributed by atoms with Crippen LogP contribution in [0, 0.1) is 5.82 Å². The van der Waals surface area contributed by atoms with Gasteiger partial charge in [0.05, 0.1) is 6.10 Å². The molecule has 0 aromatic heterocycles. The van der Waals surface area contributed by atoms with Gasteiger partial charge < -0.3 is 5.11 Å². The number of benzene rings is 2. The molecule has 1 nitrogen and oxygen atoms in total. The first-order valence-electron chi connectivity index (χ1n) is 5.58. The summed E-state index contributed by atoms with van der Waals surface area (Å²) < 4.78 is 14.6. The molecular formula is C14H11BrClFOS. The second-order valence-electron chi connectivity index (χ2n) is 3.92. The second kappa shape index (κ2) is 6.75. The Kier molecular flexibility index (Phi) is 5.28. The van der Waals surface area contributed by atoms with Crippen LogP contribution in [0.15, 0.2) is 51.8 Å². The third-order valence-corrected chi connectivity index (χ3v) is 4.89. The summed E-state index contributed by atoms with van der Waals surface area (Å²) >= 11 is 10.6. The maximum Gasteiger partial charge on any atom is 0.130 e. The van der Waals surface area contributed by atoms with Crippen molar-refractivity contribution >= 4 is 39.3 Å². The maximum atomic E-state index is 13.6. The van der Waals surface area contributed by atoms with Gasteiger partial charge >= 0.3 is 0 Å². The lowest BCUT2D eigenvalue weighted by molar-refractivity contribution is 0.199. The fraction of sp³-hybridized carbons (Fsp3) is 0.143. The van der Waals surface area contributed by atoms with Crippen LogP contribution in [0.2, 0.25) is 5.02 Å². The monoisotopic (exact) mass is 360 g/mol. The molecule has 0 bridgehead atoms. The van der Waals surface area contributed by atoms with E-state index < -0.39 is 11.9 Å². The number of rotatable bonds is 4.